The van der Waals surface area contributed by atoms with Gasteiger partial charge in [0.05, 0.1) is 0 Å². The van der Waals surface area contributed by atoms with Gasteiger partial charge in [-0.3, -0.25) is 0 Å². The standard InChI is InChI=1S/C25H24.2ClH.Zr/c1-4-5-17-25(3,23-16-10-11-18(23)2)24-21-14-8-6-12-19(21)20-13-7-9-15-22(20)24;;;/h1,6-15,24H,5,16-17H2,2-3H3;2*1H;/q;;;+2/p-2. The zero-order valence-electron chi connectivity index (χ0n) is 16.3. The molecular formula is C25H24Cl2Zr. The van der Waals surface area contributed by atoms with Crippen LogP contribution in [0.3, 0.4) is 0 Å². The molecule has 4 rings (SSSR count). The predicted molar refractivity (Wildman–Crippen MR) is 106 cm³/mol. The molecule has 0 N–H and O–H groups in total. The van der Waals surface area contributed by atoms with Crippen molar-refractivity contribution in [2.75, 3.05) is 0 Å². The summed E-state index contributed by atoms with van der Waals surface area (Å²) in [6.07, 6.45) is 13.1. The van der Waals surface area contributed by atoms with Crippen molar-refractivity contribution in [1.29, 1.82) is 0 Å². The van der Waals surface area contributed by atoms with Crippen LogP contribution in [0.25, 0.3) is 11.1 Å². The van der Waals surface area contributed by atoms with Crippen molar-refractivity contribution in [2.24, 2.45) is 5.41 Å². The van der Waals surface area contributed by atoms with Gasteiger partial charge in [0, 0.05) is 17.8 Å². The number of hydrogen-bond donors (Lipinski definition) is 0. The summed E-state index contributed by atoms with van der Waals surface area (Å²) in [6, 6.07) is 17.8. The Labute approximate surface area is 200 Å². The van der Waals surface area contributed by atoms with Crippen LogP contribution in [0.5, 0.6) is 0 Å². The summed E-state index contributed by atoms with van der Waals surface area (Å²) in [5, 5.41) is 0. The van der Waals surface area contributed by atoms with Gasteiger partial charge in [-0.05, 0) is 42.0 Å². The van der Waals surface area contributed by atoms with E-state index >= 15 is 0 Å². The first-order valence-electron chi connectivity index (χ1n) is 9.15. The van der Waals surface area contributed by atoms with Crippen molar-refractivity contribution in [3.05, 3.63) is 83.0 Å². The van der Waals surface area contributed by atoms with Crippen molar-refractivity contribution in [3.63, 3.8) is 0 Å². The second-order valence-corrected chi connectivity index (χ2v) is 7.50. The summed E-state index contributed by atoms with van der Waals surface area (Å²) in [5.41, 5.74) is 8.70. The second kappa shape index (κ2) is 10.1. The van der Waals surface area contributed by atoms with Crippen molar-refractivity contribution >= 4 is 0 Å². The molecule has 0 nitrogen and oxygen atoms in total. The van der Waals surface area contributed by atoms with Gasteiger partial charge in [-0.2, -0.15) is 0 Å². The maximum atomic E-state index is 5.68. The average molecular weight is 487 g/mol. The fourth-order valence-electron chi connectivity index (χ4n) is 4.94. The number of fused-ring (bicyclic) bond motifs is 3. The third kappa shape index (κ3) is 3.98. The first kappa shape index (κ1) is 25.0. The molecule has 0 amide bonds. The Hall–Kier alpha value is -1.06. The van der Waals surface area contributed by atoms with Crippen LogP contribution in [0.4, 0.5) is 0 Å². The first-order valence-corrected chi connectivity index (χ1v) is 9.15. The minimum atomic E-state index is 0. The van der Waals surface area contributed by atoms with E-state index in [0.29, 0.717) is 5.92 Å². The van der Waals surface area contributed by atoms with Gasteiger partial charge in [-0.15, -0.1) is 12.3 Å². The Kier molecular flexibility index (Phi) is 9.03. The largest absolute Gasteiger partial charge is 2.00 e. The number of rotatable bonds is 4. The molecule has 0 heterocycles. The van der Waals surface area contributed by atoms with E-state index in [2.05, 4.69) is 80.5 Å². The molecule has 0 aliphatic heterocycles. The molecule has 1 atom stereocenters. The van der Waals surface area contributed by atoms with E-state index < -0.39 is 0 Å². The van der Waals surface area contributed by atoms with Crippen molar-refractivity contribution in [2.45, 2.75) is 39.0 Å². The third-order valence-corrected chi connectivity index (χ3v) is 6.11. The predicted octanol–water partition coefficient (Wildman–Crippen LogP) is 0.501. The molecule has 0 fully saturated rings. The SMILES string of the molecule is C#CCCC(C)(C1=C(C)C=CC1)C1c2ccccc2-c2ccccc21.[Cl-].[Cl-].[Zr+2]. The topological polar surface area (TPSA) is 0 Å². The van der Waals surface area contributed by atoms with Gasteiger partial charge in [0.1, 0.15) is 0 Å². The van der Waals surface area contributed by atoms with E-state index in [1.807, 2.05) is 0 Å². The molecule has 2 aliphatic carbocycles. The molecular weight excluding hydrogens is 462 g/mol. The Balaban J connectivity index is 0.00000131. The van der Waals surface area contributed by atoms with Gasteiger partial charge in [0.25, 0.3) is 0 Å². The molecule has 0 saturated heterocycles. The number of hydrogen-bond acceptors (Lipinski definition) is 0. The van der Waals surface area contributed by atoms with E-state index in [9.17, 15) is 0 Å². The van der Waals surface area contributed by atoms with Crippen LogP contribution >= 0.6 is 0 Å². The zero-order valence-corrected chi connectivity index (χ0v) is 20.3. The monoisotopic (exact) mass is 484 g/mol. The number of benzene rings is 2. The summed E-state index contributed by atoms with van der Waals surface area (Å²) in [5.74, 6) is 3.26. The van der Waals surface area contributed by atoms with Crippen LogP contribution in [0.2, 0.25) is 0 Å². The minimum Gasteiger partial charge on any atom is -1.00 e. The Morgan fingerprint density at radius 3 is 2.00 bits per heavy atom. The van der Waals surface area contributed by atoms with Crippen LogP contribution in [0.1, 0.15) is 50.2 Å². The molecule has 0 bridgehead atoms. The number of halogens is 2. The van der Waals surface area contributed by atoms with Crippen molar-refractivity contribution in [1.82, 2.24) is 0 Å². The third-order valence-electron chi connectivity index (χ3n) is 6.11. The van der Waals surface area contributed by atoms with Gasteiger partial charge < -0.3 is 24.8 Å². The quantitative estimate of drug-likeness (QED) is 0.553. The molecule has 1 unspecified atom stereocenters. The molecule has 28 heavy (non-hydrogen) atoms. The molecule has 2 aromatic rings. The van der Waals surface area contributed by atoms with Gasteiger partial charge in [0.15, 0.2) is 0 Å². The molecule has 142 valence electrons. The molecule has 2 aromatic carbocycles. The maximum absolute atomic E-state index is 5.68. The van der Waals surface area contributed by atoms with Crippen LogP contribution < -0.4 is 24.8 Å². The molecule has 0 aromatic heterocycles. The van der Waals surface area contributed by atoms with Gasteiger partial charge in [0.2, 0.25) is 0 Å². The molecule has 0 spiro atoms. The summed E-state index contributed by atoms with van der Waals surface area (Å²) < 4.78 is 0. The van der Waals surface area contributed by atoms with Gasteiger partial charge in [-0.1, -0.05) is 78.8 Å². The summed E-state index contributed by atoms with van der Waals surface area (Å²) in [7, 11) is 0. The molecule has 0 saturated carbocycles. The first-order chi connectivity index (χ1) is 12.2. The Morgan fingerprint density at radius 1 is 1.00 bits per heavy atom. The summed E-state index contributed by atoms with van der Waals surface area (Å²) in [6.45, 7) is 4.68. The minimum absolute atomic E-state index is 0. The number of allylic oxidation sites excluding steroid dienone is 4. The van der Waals surface area contributed by atoms with E-state index in [-0.39, 0.29) is 56.4 Å². The van der Waals surface area contributed by atoms with E-state index in [1.54, 1.807) is 5.57 Å². The van der Waals surface area contributed by atoms with E-state index in [4.69, 9.17) is 6.42 Å². The molecule has 0 radical (unpaired) electrons. The zero-order chi connectivity index (χ0) is 17.4. The van der Waals surface area contributed by atoms with E-state index in [0.717, 1.165) is 19.3 Å². The van der Waals surface area contributed by atoms with Crippen LogP contribution in [0.15, 0.2) is 71.8 Å². The maximum Gasteiger partial charge on any atom is 2.00 e. The van der Waals surface area contributed by atoms with Crippen LogP contribution in [-0.2, 0) is 26.2 Å². The summed E-state index contributed by atoms with van der Waals surface area (Å²) >= 11 is 0. The van der Waals surface area contributed by atoms with Crippen molar-refractivity contribution in [3.8, 4) is 23.5 Å². The fourth-order valence-corrected chi connectivity index (χ4v) is 4.94. The van der Waals surface area contributed by atoms with Gasteiger partial charge >= 0.3 is 26.2 Å². The van der Waals surface area contributed by atoms with Gasteiger partial charge in [-0.25, -0.2) is 0 Å². The average Bonchev–Trinajstić information content (AvgIpc) is 3.22. The smallest absolute Gasteiger partial charge is 1.00 e. The van der Waals surface area contributed by atoms with Crippen LogP contribution in [-0.4, -0.2) is 0 Å². The molecule has 2 aliphatic rings. The Bertz CT molecular complexity index is 890. The fraction of sp³-hybridized carbons (Fsp3) is 0.280. The normalized spacial score (nSPS) is 16.0. The van der Waals surface area contributed by atoms with Crippen LogP contribution in [0, 0.1) is 17.8 Å². The summed E-state index contributed by atoms with van der Waals surface area (Å²) in [4.78, 5) is 0. The number of terminal acetylenes is 1. The Morgan fingerprint density at radius 2 is 1.54 bits per heavy atom. The molecule has 3 heteroatoms. The van der Waals surface area contributed by atoms with Crippen molar-refractivity contribution < 1.29 is 51.0 Å². The van der Waals surface area contributed by atoms with E-state index in [1.165, 1.54) is 27.8 Å². The second-order valence-electron chi connectivity index (χ2n) is 7.50.